The molecule has 7 heteroatoms. The molecule has 0 saturated heterocycles. The average Bonchev–Trinajstić information content (AvgIpc) is 3.18. The van der Waals surface area contributed by atoms with Gasteiger partial charge in [-0.1, -0.05) is 24.2 Å². The van der Waals surface area contributed by atoms with E-state index in [2.05, 4.69) is 20.3 Å². The van der Waals surface area contributed by atoms with Crippen molar-refractivity contribution in [2.75, 3.05) is 5.32 Å². The topological polar surface area (TPSA) is 80.2 Å². The molecule has 0 radical (unpaired) electrons. The van der Waals surface area contributed by atoms with E-state index in [1.54, 1.807) is 29.9 Å². The van der Waals surface area contributed by atoms with Crippen LogP contribution in [0.5, 0.6) is 11.5 Å². The molecular formula is C23H22N4O2S. The summed E-state index contributed by atoms with van der Waals surface area (Å²) in [6, 6.07) is 13.6. The van der Waals surface area contributed by atoms with E-state index < -0.39 is 0 Å². The number of aromatic nitrogens is 3. The summed E-state index contributed by atoms with van der Waals surface area (Å²) in [5.74, 6) is 1.42. The number of nitrogens with one attached hydrogen (secondary N) is 1. The number of anilines is 1. The molecule has 6 nitrogen and oxygen atoms in total. The Labute approximate surface area is 178 Å². The van der Waals surface area contributed by atoms with Crippen LogP contribution in [0.3, 0.4) is 0 Å². The first-order valence-corrected chi connectivity index (χ1v) is 11.0. The van der Waals surface area contributed by atoms with Crippen molar-refractivity contribution in [3.05, 3.63) is 61.1 Å². The van der Waals surface area contributed by atoms with E-state index in [1.807, 2.05) is 42.5 Å². The summed E-state index contributed by atoms with van der Waals surface area (Å²) in [6.45, 7) is 0. The van der Waals surface area contributed by atoms with Crippen LogP contribution in [0.15, 0.2) is 61.1 Å². The molecule has 5 rings (SSSR count). The largest absolute Gasteiger partial charge is 0.456 e. The maximum Gasteiger partial charge on any atom is 0.184 e. The van der Waals surface area contributed by atoms with Crippen LogP contribution in [0.4, 0.5) is 5.13 Å². The second-order valence-electron chi connectivity index (χ2n) is 7.47. The molecule has 30 heavy (non-hydrogen) atoms. The molecule has 1 fully saturated rings. The van der Waals surface area contributed by atoms with Crippen LogP contribution in [0.25, 0.3) is 21.5 Å². The standard InChI is InChI=1S/C23H22N4O2S/c28-21-6-2-1-5-19(21)26-23-27-20-10-7-16(12-22(20)30-23)29-17-8-9-18(25-14-17)15-4-3-11-24-13-15/h3-4,7-14,19,21,28H,1-2,5-6H2,(H,26,27)/t19-,21-/m1/s1. The van der Waals surface area contributed by atoms with E-state index >= 15 is 0 Å². The van der Waals surface area contributed by atoms with Crippen molar-refractivity contribution in [2.24, 2.45) is 0 Å². The van der Waals surface area contributed by atoms with E-state index in [9.17, 15) is 5.11 Å². The number of hydrogen-bond acceptors (Lipinski definition) is 7. The van der Waals surface area contributed by atoms with Gasteiger partial charge in [-0.2, -0.15) is 0 Å². The zero-order valence-corrected chi connectivity index (χ0v) is 17.2. The number of nitrogens with zero attached hydrogens (tertiary/aromatic N) is 3. The number of hydrogen-bond donors (Lipinski definition) is 2. The molecule has 0 spiro atoms. The third-order valence-corrected chi connectivity index (χ3v) is 6.28. The van der Waals surface area contributed by atoms with E-state index in [0.717, 1.165) is 58.0 Å². The van der Waals surface area contributed by atoms with Crippen molar-refractivity contribution in [2.45, 2.75) is 37.8 Å². The molecular weight excluding hydrogens is 396 g/mol. The monoisotopic (exact) mass is 418 g/mol. The lowest BCUT2D eigenvalue weighted by Crippen LogP contribution is -2.36. The van der Waals surface area contributed by atoms with Crippen molar-refractivity contribution < 1.29 is 9.84 Å². The number of aliphatic hydroxyl groups excluding tert-OH is 1. The minimum Gasteiger partial charge on any atom is -0.456 e. The van der Waals surface area contributed by atoms with Gasteiger partial charge in [-0.15, -0.1) is 0 Å². The second kappa shape index (κ2) is 8.38. The number of rotatable bonds is 5. The first kappa shape index (κ1) is 19.0. The number of aliphatic hydroxyl groups is 1. The molecule has 1 aromatic carbocycles. The lowest BCUT2D eigenvalue weighted by Gasteiger charge is -2.27. The number of pyridine rings is 2. The van der Waals surface area contributed by atoms with Gasteiger partial charge < -0.3 is 15.2 Å². The molecule has 152 valence electrons. The first-order valence-electron chi connectivity index (χ1n) is 10.1. The predicted octanol–water partition coefficient (Wildman–Crippen LogP) is 5.26. The quantitative estimate of drug-likeness (QED) is 0.460. The highest BCUT2D eigenvalue weighted by molar-refractivity contribution is 7.22. The van der Waals surface area contributed by atoms with Crippen LogP contribution in [0, 0.1) is 0 Å². The molecule has 1 saturated carbocycles. The van der Waals surface area contributed by atoms with Crippen molar-refractivity contribution in [1.82, 2.24) is 15.0 Å². The molecule has 4 aromatic rings. The lowest BCUT2D eigenvalue weighted by molar-refractivity contribution is 0.116. The summed E-state index contributed by atoms with van der Waals surface area (Å²) in [7, 11) is 0. The Morgan fingerprint density at radius 1 is 1.03 bits per heavy atom. The van der Waals surface area contributed by atoms with E-state index in [1.165, 1.54) is 0 Å². The molecule has 2 N–H and O–H groups in total. The summed E-state index contributed by atoms with van der Waals surface area (Å²) in [5.41, 5.74) is 2.75. The van der Waals surface area contributed by atoms with Gasteiger partial charge in [0.2, 0.25) is 0 Å². The van der Waals surface area contributed by atoms with Gasteiger partial charge >= 0.3 is 0 Å². The average molecular weight is 419 g/mol. The minimum absolute atomic E-state index is 0.0828. The Bertz CT molecular complexity index is 1130. The Balaban J connectivity index is 1.30. The zero-order chi connectivity index (χ0) is 20.3. The van der Waals surface area contributed by atoms with Crippen LogP contribution < -0.4 is 10.1 Å². The SMILES string of the molecule is O[C@@H]1CCCC[C@H]1Nc1nc2ccc(Oc3ccc(-c4cccnc4)nc3)cc2s1. The van der Waals surface area contributed by atoms with Crippen LogP contribution in [0.2, 0.25) is 0 Å². The fraction of sp³-hybridized carbons (Fsp3) is 0.261. The summed E-state index contributed by atoms with van der Waals surface area (Å²) in [6.07, 6.45) is 9.03. The predicted molar refractivity (Wildman–Crippen MR) is 119 cm³/mol. The second-order valence-corrected chi connectivity index (χ2v) is 8.50. The van der Waals surface area contributed by atoms with Gasteiger partial charge in [0.05, 0.1) is 34.3 Å². The highest BCUT2D eigenvalue weighted by Crippen LogP contribution is 2.33. The normalized spacial score (nSPS) is 19.0. The van der Waals surface area contributed by atoms with Crippen LogP contribution in [-0.4, -0.2) is 32.2 Å². The molecule has 1 aliphatic rings. The Morgan fingerprint density at radius 3 is 2.73 bits per heavy atom. The van der Waals surface area contributed by atoms with Gasteiger partial charge in [0.15, 0.2) is 5.13 Å². The Kier molecular flexibility index (Phi) is 5.29. The number of fused-ring (bicyclic) bond motifs is 1. The van der Waals surface area contributed by atoms with Crippen molar-refractivity contribution in [3.63, 3.8) is 0 Å². The Morgan fingerprint density at radius 2 is 1.93 bits per heavy atom. The minimum atomic E-state index is -0.299. The number of ether oxygens (including phenoxy) is 1. The smallest absolute Gasteiger partial charge is 0.184 e. The number of thiazole rings is 1. The Hall–Kier alpha value is -3.03. The summed E-state index contributed by atoms with van der Waals surface area (Å²) < 4.78 is 7.04. The molecule has 0 unspecified atom stereocenters. The maximum absolute atomic E-state index is 10.2. The van der Waals surface area contributed by atoms with E-state index in [-0.39, 0.29) is 12.1 Å². The van der Waals surface area contributed by atoms with Gasteiger partial charge in [0.1, 0.15) is 11.5 Å². The molecule has 3 heterocycles. The summed E-state index contributed by atoms with van der Waals surface area (Å²) in [5, 5.41) is 14.4. The number of benzene rings is 1. The highest BCUT2D eigenvalue weighted by atomic mass is 32.1. The van der Waals surface area contributed by atoms with Gasteiger partial charge in [-0.25, -0.2) is 4.98 Å². The maximum atomic E-state index is 10.2. The van der Waals surface area contributed by atoms with Crippen molar-refractivity contribution in [1.29, 1.82) is 0 Å². The zero-order valence-electron chi connectivity index (χ0n) is 16.4. The van der Waals surface area contributed by atoms with E-state index in [4.69, 9.17) is 4.74 Å². The van der Waals surface area contributed by atoms with Crippen LogP contribution in [0.1, 0.15) is 25.7 Å². The first-order chi connectivity index (χ1) is 14.7. The third-order valence-electron chi connectivity index (χ3n) is 5.33. The molecule has 1 aliphatic carbocycles. The summed E-state index contributed by atoms with van der Waals surface area (Å²) in [4.78, 5) is 13.3. The third kappa shape index (κ3) is 4.13. The molecule has 3 aromatic heterocycles. The van der Waals surface area contributed by atoms with Crippen molar-refractivity contribution in [3.8, 4) is 22.8 Å². The fourth-order valence-electron chi connectivity index (χ4n) is 3.73. The van der Waals surface area contributed by atoms with Gasteiger partial charge in [0.25, 0.3) is 0 Å². The van der Waals surface area contributed by atoms with Gasteiger partial charge in [-0.05, 0) is 49.2 Å². The lowest BCUT2D eigenvalue weighted by atomic mass is 9.93. The van der Waals surface area contributed by atoms with Crippen LogP contribution in [-0.2, 0) is 0 Å². The molecule has 0 bridgehead atoms. The molecule has 0 amide bonds. The van der Waals surface area contributed by atoms with E-state index in [0.29, 0.717) is 5.75 Å². The van der Waals surface area contributed by atoms with Crippen molar-refractivity contribution >= 4 is 26.7 Å². The highest BCUT2D eigenvalue weighted by Gasteiger charge is 2.23. The van der Waals surface area contributed by atoms with Gasteiger partial charge in [0, 0.05) is 24.0 Å². The molecule has 0 aliphatic heterocycles. The summed E-state index contributed by atoms with van der Waals surface area (Å²) >= 11 is 1.58. The fourth-order valence-corrected chi connectivity index (χ4v) is 4.69. The molecule has 2 atom stereocenters. The van der Waals surface area contributed by atoms with Gasteiger partial charge in [-0.3, -0.25) is 9.97 Å². The van der Waals surface area contributed by atoms with Crippen LogP contribution >= 0.6 is 11.3 Å².